The van der Waals surface area contributed by atoms with Crippen LogP contribution in [-0.2, 0) is 5.75 Å². The number of benzene rings is 1. The van der Waals surface area contributed by atoms with Crippen LogP contribution in [0.25, 0.3) is 0 Å². The van der Waals surface area contributed by atoms with Crippen LogP contribution in [0.4, 0.5) is 0 Å². The van der Waals surface area contributed by atoms with E-state index in [1.54, 1.807) is 11.8 Å². The van der Waals surface area contributed by atoms with Crippen LogP contribution in [0.5, 0.6) is 0 Å². The van der Waals surface area contributed by atoms with Crippen LogP contribution in [0.2, 0.25) is 0 Å². The summed E-state index contributed by atoms with van der Waals surface area (Å²) in [4.78, 5) is 0. The fourth-order valence-corrected chi connectivity index (χ4v) is 3.49. The van der Waals surface area contributed by atoms with Gasteiger partial charge in [-0.25, -0.2) is 4.68 Å². The summed E-state index contributed by atoms with van der Waals surface area (Å²) < 4.78 is 3.05. The molecule has 0 radical (unpaired) electrons. The summed E-state index contributed by atoms with van der Waals surface area (Å²) in [5.74, 6) is 1.73. The van der Waals surface area contributed by atoms with E-state index in [-0.39, 0.29) is 0 Å². The Bertz CT molecular complexity index is 719. The molecule has 0 saturated carbocycles. The number of halogens is 1. The molecule has 0 saturated heterocycles. The zero-order valence-corrected chi connectivity index (χ0v) is 15.4. The van der Waals surface area contributed by atoms with E-state index in [1.807, 2.05) is 11.6 Å². The van der Waals surface area contributed by atoms with Crippen molar-refractivity contribution in [3.63, 3.8) is 0 Å². The Hall–Kier alpha value is -1.53. The number of aryl methyl sites for hydroxylation is 1. The monoisotopic (exact) mass is 390 g/mol. The zero-order chi connectivity index (χ0) is 16.1. The molecule has 23 heavy (non-hydrogen) atoms. The molecule has 1 aromatic heterocycles. The Kier molecular flexibility index (Phi) is 5.56. The molecule has 0 amide bonds. The van der Waals surface area contributed by atoms with E-state index in [2.05, 4.69) is 74.2 Å². The molecule has 2 aromatic rings. The Morgan fingerprint density at radius 3 is 2.83 bits per heavy atom. The van der Waals surface area contributed by atoms with Crippen LogP contribution in [-0.4, -0.2) is 14.9 Å². The predicted octanol–water partition coefficient (Wildman–Crippen LogP) is 4.81. The van der Waals surface area contributed by atoms with Crippen molar-refractivity contribution in [3.8, 4) is 0 Å². The SMILES string of the molecule is Cc1nnc(SCc2ccc(Br)cc2)n1N/C=C1\CC=CCC1. The number of hydrogen-bond acceptors (Lipinski definition) is 4. The molecule has 0 aliphatic heterocycles. The molecule has 1 aliphatic carbocycles. The Labute approximate surface area is 149 Å². The number of nitrogens with zero attached hydrogens (tertiary/aromatic N) is 3. The van der Waals surface area contributed by atoms with Crippen LogP contribution in [0.3, 0.4) is 0 Å². The highest BCUT2D eigenvalue weighted by molar-refractivity contribution is 9.10. The Morgan fingerprint density at radius 2 is 2.09 bits per heavy atom. The first-order valence-corrected chi connectivity index (χ1v) is 9.39. The third-order valence-corrected chi connectivity index (χ3v) is 5.18. The standard InChI is InChI=1S/C17H19BrN4S/c1-13-20-21-17(23-12-15-7-9-16(18)10-8-15)22(13)19-11-14-5-3-2-4-6-14/h2-3,7-11,19H,4-6,12H2,1H3/b14-11+. The minimum Gasteiger partial charge on any atom is -0.298 e. The van der Waals surface area contributed by atoms with Gasteiger partial charge in [-0.3, -0.25) is 5.43 Å². The van der Waals surface area contributed by atoms with E-state index < -0.39 is 0 Å². The van der Waals surface area contributed by atoms with Crippen LogP contribution >= 0.6 is 27.7 Å². The topological polar surface area (TPSA) is 42.7 Å². The van der Waals surface area contributed by atoms with Crippen molar-refractivity contribution in [2.75, 3.05) is 5.43 Å². The number of allylic oxidation sites excluding steroid dienone is 3. The van der Waals surface area contributed by atoms with E-state index in [1.165, 1.54) is 11.1 Å². The second kappa shape index (κ2) is 7.84. The van der Waals surface area contributed by atoms with Crippen LogP contribution in [0.15, 0.2) is 57.8 Å². The van der Waals surface area contributed by atoms with Gasteiger partial charge in [-0.05, 0) is 49.5 Å². The Morgan fingerprint density at radius 1 is 1.26 bits per heavy atom. The van der Waals surface area contributed by atoms with E-state index >= 15 is 0 Å². The fraction of sp³-hybridized carbons (Fsp3) is 0.294. The van der Waals surface area contributed by atoms with Gasteiger partial charge in [0, 0.05) is 16.4 Å². The first kappa shape index (κ1) is 16.3. The molecular weight excluding hydrogens is 372 g/mol. The van der Waals surface area contributed by atoms with Gasteiger partial charge in [0.05, 0.1) is 0 Å². The first-order valence-electron chi connectivity index (χ1n) is 7.61. The molecule has 0 bridgehead atoms. The molecule has 6 heteroatoms. The van der Waals surface area contributed by atoms with Gasteiger partial charge in [0.15, 0.2) is 0 Å². The molecule has 0 fully saturated rings. The average Bonchev–Trinajstić information content (AvgIpc) is 2.93. The van der Waals surface area contributed by atoms with Gasteiger partial charge in [0.25, 0.3) is 0 Å². The molecule has 3 rings (SSSR count). The molecule has 1 N–H and O–H groups in total. The lowest BCUT2D eigenvalue weighted by atomic mass is 10.0. The summed E-state index contributed by atoms with van der Waals surface area (Å²) in [6.07, 6.45) is 9.81. The largest absolute Gasteiger partial charge is 0.298 e. The minimum atomic E-state index is 0.867. The quantitative estimate of drug-likeness (QED) is 0.587. The van der Waals surface area contributed by atoms with E-state index in [0.717, 1.165) is 40.5 Å². The van der Waals surface area contributed by atoms with Gasteiger partial charge in [-0.2, -0.15) is 0 Å². The third-order valence-electron chi connectivity index (χ3n) is 3.65. The van der Waals surface area contributed by atoms with Gasteiger partial charge >= 0.3 is 0 Å². The maximum absolute atomic E-state index is 4.27. The van der Waals surface area contributed by atoms with Crippen molar-refractivity contribution in [2.24, 2.45) is 0 Å². The molecule has 1 heterocycles. The first-order chi connectivity index (χ1) is 11.2. The number of hydrogen-bond donors (Lipinski definition) is 1. The van der Waals surface area contributed by atoms with Crippen molar-refractivity contribution >= 4 is 27.7 Å². The van der Waals surface area contributed by atoms with Crippen molar-refractivity contribution in [1.82, 2.24) is 14.9 Å². The fourth-order valence-electron chi connectivity index (χ4n) is 2.32. The van der Waals surface area contributed by atoms with Gasteiger partial charge in [-0.15, -0.1) is 10.2 Å². The van der Waals surface area contributed by atoms with Crippen molar-refractivity contribution in [1.29, 1.82) is 0 Å². The summed E-state index contributed by atoms with van der Waals surface area (Å²) in [5.41, 5.74) is 6.02. The summed E-state index contributed by atoms with van der Waals surface area (Å²) in [7, 11) is 0. The van der Waals surface area contributed by atoms with Gasteiger partial charge in [0.1, 0.15) is 5.82 Å². The second-order valence-corrected chi connectivity index (χ2v) is 7.28. The zero-order valence-electron chi connectivity index (χ0n) is 13.0. The summed E-state index contributed by atoms with van der Waals surface area (Å²) in [5, 5.41) is 9.34. The van der Waals surface area contributed by atoms with Crippen molar-refractivity contribution in [2.45, 2.75) is 37.1 Å². The molecule has 4 nitrogen and oxygen atoms in total. The lowest BCUT2D eigenvalue weighted by Crippen LogP contribution is -2.12. The highest BCUT2D eigenvalue weighted by atomic mass is 79.9. The summed E-state index contributed by atoms with van der Waals surface area (Å²) in [6, 6.07) is 8.36. The molecule has 0 spiro atoms. The van der Waals surface area contributed by atoms with Crippen LogP contribution in [0.1, 0.15) is 30.7 Å². The molecule has 0 atom stereocenters. The number of thioether (sulfide) groups is 1. The van der Waals surface area contributed by atoms with Crippen molar-refractivity contribution in [3.05, 3.63) is 64.1 Å². The highest BCUT2D eigenvalue weighted by Crippen LogP contribution is 2.22. The smallest absolute Gasteiger partial charge is 0.210 e. The minimum absolute atomic E-state index is 0.867. The van der Waals surface area contributed by atoms with Gasteiger partial charge < -0.3 is 0 Å². The lowest BCUT2D eigenvalue weighted by molar-refractivity contribution is 0.784. The molecule has 1 aliphatic rings. The molecule has 0 unspecified atom stereocenters. The number of nitrogens with one attached hydrogen (secondary N) is 1. The van der Waals surface area contributed by atoms with Gasteiger partial charge in [-0.1, -0.05) is 52.0 Å². The normalized spacial score (nSPS) is 16.0. The maximum atomic E-state index is 4.27. The van der Waals surface area contributed by atoms with Crippen LogP contribution in [0, 0.1) is 6.92 Å². The van der Waals surface area contributed by atoms with E-state index in [0.29, 0.717) is 0 Å². The molecule has 120 valence electrons. The lowest BCUT2D eigenvalue weighted by Gasteiger charge is -2.12. The van der Waals surface area contributed by atoms with Crippen LogP contribution < -0.4 is 5.43 Å². The summed E-state index contributed by atoms with van der Waals surface area (Å²) in [6.45, 7) is 1.96. The Balaban J connectivity index is 1.66. The van der Waals surface area contributed by atoms with E-state index in [4.69, 9.17) is 0 Å². The van der Waals surface area contributed by atoms with E-state index in [9.17, 15) is 0 Å². The van der Waals surface area contributed by atoms with Crippen molar-refractivity contribution < 1.29 is 0 Å². The molecular formula is C17H19BrN4S. The number of rotatable bonds is 5. The molecule has 1 aromatic carbocycles. The predicted molar refractivity (Wildman–Crippen MR) is 98.9 cm³/mol. The van der Waals surface area contributed by atoms with Gasteiger partial charge in [0.2, 0.25) is 5.16 Å². The second-order valence-electron chi connectivity index (χ2n) is 5.43. The summed E-state index contributed by atoms with van der Waals surface area (Å²) >= 11 is 5.14. The highest BCUT2D eigenvalue weighted by Gasteiger charge is 2.09. The average molecular weight is 391 g/mol. The maximum Gasteiger partial charge on any atom is 0.210 e. The third kappa shape index (κ3) is 4.48. The number of aromatic nitrogens is 3.